The molecule has 0 radical (unpaired) electrons. The molecule has 3 nitrogen and oxygen atoms in total. The lowest BCUT2D eigenvalue weighted by atomic mass is 9.70. The molecule has 0 aliphatic carbocycles. The molecule has 0 bridgehead atoms. The van der Waals surface area contributed by atoms with E-state index in [4.69, 9.17) is 0 Å². The van der Waals surface area contributed by atoms with E-state index in [0.717, 1.165) is 24.0 Å². The molecule has 3 N–H and O–H groups in total. The summed E-state index contributed by atoms with van der Waals surface area (Å²) in [6.07, 6.45) is 1.72. The highest BCUT2D eigenvalue weighted by Crippen LogP contribution is 2.41. The smallest absolute Gasteiger partial charge is 0.157 e. The van der Waals surface area contributed by atoms with Crippen molar-refractivity contribution < 1.29 is 15.3 Å². The molecule has 0 saturated heterocycles. The van der Waals surface area contributed by atoms with Crippen LogP contribution < -0.4 is 0 Å². The van der Waals surface area contributed by atoms with E-state index >= 15 is 0 Å². The molecule has 0 saturated carbocycles. The van der Waals surface area contributed by atoms with Gasteiger partial charge in [0.15, 0.2) is 11.5 Å². The summed E-state index contributed by atoms with van der Waals surface area (Å²) in [5, 5.41) is 28.7. The average molecular weight is 272 g/mol. The van der Waals surface area contributed by atoms with Gasteiger partial charge in [-0.3, -0.25) is 0 Å². The molecule has 0 fully saturated rings. The molecule has 0 amide bonds. The van der Waals surface area contributed by atoms with Gasteiger partial charge in [0.1, 0.15) is 5.75 Å². The van der Waals surface area contributed by atoms with Gasteiger partial charge in [-0.15, -0.1) is 0 Å². The Morgan fingerprint density at radius 2 is 1.30 bits per heavy atom. The van der Waals surface area contributed by atoms with E-state index in [0.29, 0.717) is 0 Å². The summed E-state index contributed by atoms with van der Waals surface area (Å²) in [5.41, 5.74) is 1.81. The van der Waals surface area contributed by atoms with Crippen molar-refractivity contribution >= 4 is 0 Å². The Morgan fingerprint density at radius 3 is 1.80 bits per heavy atom. The minimum atomic E-state index is -0.237. The lowest BCUT2D eigenvalue weighted by Crippen LogP contribution is -2.25. The standard InChI is InChI=1S/C17H20O3/c1-3-17(4-2,12-5-8-14(18)9-6-12)13-7-10-15(19)16(20)11-13/h5-11,18-20H,3-4H2,1-2H3. The van der Waals surface area contributed by atoms with E-state index in [1.54, 1.807) is 18.2 Å². The van der Waals surface area contributed by atoms with Crippen LogP contribution in [0.4, 0.5) is 0 Å². The Kier molecular flexibility index (Phi) is 3.89. The van der Waals surface area contributed by atoms with Crippen molar-refractivity contribution in [1.82, 2.24) is 0 Å². The summed E-state index contributed by atoms with van der Waals surface area (Å²) >= 11 is 0. The van der Waals surface area contributed by atoms with Gasteiger partial charge in [0.2, 0.25) is 0 Å². The third-order valence-electron chi connectivity index (χ3n) is 4.15. The Hall–Kier alpha value is -2.16. The number of phenolic OH excluding ortho intramolecular Hbond substituents is 3. The van der Waals surface area contributed by atoms with Crippen LogP contribution in [0.5, 0.6) is 17.2 Å². The van der Waals surface area contributed by atoms with Crippen molar-refractivity contribution in [3.63, 3.8) is 0 Å². The molecule has 0 heterocycles. The maximum atomic E-state index is 9.76. The number of hydrogen-bond acceptors (Lipinski definition) is 3. The summed E-state index contributed by atoms with van der Waals surface area (Å²) < 4.78 is 0. The predicted molar refractivity (Wildman–Crippen MR) is 79.2 cm³/mol. The van der Waals surface area contributed by atoms with E-state index in [1.165, 1.54) is 6.07 Å². The minimum Gasteiger partial charge on any atom is -0.508 e. The number of rotatable bonds is 4. The zero-order valence-corrected chi connectivity index (χ0v) is 11.8. The fourth-order valence-corrected chi connectivity index (χ4v) is 2.83. The molecule has 0 aliphatic heterocycles. The fraction of sp³-hybridized carbons (Fsp3) is 0.294. The van der Waals surface area contributed by atoms with E-state index < -0.39 is 0 Å². The third-order valence-corrected chi connectivity index (χ3v) is 4.15. The first-order chi connectivity index (χ1) is 9.53. The van der Waals surface area contributed by atoms with Gasteiger partial charge < -0.3 is 15.3 Å². The molecule has 2 rings (SSSR count). The van der Waals surface area contributed by atoms with Crippen molar-refractivity contribution in [2.24, 2.45) is 0 Å². The average Bonchev–Trinajstić information content (AvgIpc) is 2.46. The van der Waals surface area contributed by atoms with Crippen molar-refractivity contribution in [2.45, 2.75) is 32.1 Å². The molecule has 0 spiro atoms. The van der Waals surface area contributed by atoms with E-state index in [9.17, 15) is 15.3 Å². The number of aromatic hydroxyl groups is 3. The zero-order valence-electron chi connectivity index (χ0n) is 11.8. The van der Waals surface area contributed by atoms with Crippen molar-refractivity contribution in [3.8, 4) is 17.2 Å². The lowest BCUT2D eigenvalue weighted by molar-refractivity contribution is 0.399. The predicted octanol–water partition coefficient (Wildman–Crippen LogP) is 3.91. The molecule has 20 heavy (non-hydrogen) atoms. The van der Waals surface area contributed by atoms with Crippen LogP contribution in [0.15, 0.2) is 42.5 Å². The van der Waals surface area contributed by atoms with Gasteiger partial charge in [-0.2, -0.15) is 0 Å². The van der Waals surface area contributed by atoms with Crippen LogP contribution >= 0.6 is 0 Å². The molecular weight excluding hydrogens is 252 g/mol. The molecule has 2 aromatic rings. The maximum Gasteiger partial charge on any atom is 0.157 e. The fourth-order valence-electron chi connectivity index (χ4n) is 2.83. The summed E-state index contributed by atoms with van der Waals surface area (Å²) in [5.74, 6) is 0.0246. The molecule has 0 aliphatic rings. The van der Waals surface area contributed by atoms with Crippen LogP contribution in [-0.4, -0.2) is 15.3 Å². The van der Waals surface area contributed by atoms with Crippen molar-refractivity contribution in [1.29, 1.82) is 0 Å². The molecule has 106 valence electrons. The van der Waals surface area contributed by atoms with Gasteiger partial charge in [0, 0.05) is 5.41 Å². The minimum absolute atomic E-state index is 0.104. The third kappa shape index (κ3) is 2.31. The van der Waals surface area contributed by atoms with Gasteiger partial charge in [-0.05, 0) is 48.2 Å². The topological polar surface area (TPSA) is 60.7 Å². The van der Waals surface area contributed by atoms with Gasteiger partial charge in [0.25, 0.3) is 0 Å². The largest absolute Gasteiger partial charge is 0.508 e. The Balaban J connectivity index is 2.58. The van der Waals surface area contributed by atoms with Crippen LogP contribution in [0.25, 0.3) is 0 Å². The highest BCUT2D eigenvalue weighted by atomic mass is 16.3. The SMILES string of the molecule is CCC(CC)(c1ccc(O)cc1)c1ccc(O)c(O)c1. The quantitative estimate of drug-likeness (QED) is 0.739. The Bertz CT molecular complexity index is 584. The van der Waals surface area contributed by atoms with Crippen LogP contribution in [-0.2, 0) is 5.41 Å². The van der Waals surface area contributed by atoms with Crippen molar-refractivity contribution in [2.75, 3.05) is 0 Å². The molecule has 0 atom stereocenters. The molecule has 2 aromatic carbocycles. The van der Waals surface area contributed by atoms with Gasteiger partial charge >= 0.3 is 0 Å². The second-order valence-electron chi connectivity index (χ2n) is 5.04. The zero-order chi connectivity index (χ0) is 14.8. The molecule has 0 aromatic heterocycles. The number of phenols is 3. The van der Waals surface area contributed by atoms with Crippen LogP contribution in [0.1, 0.15) is 37.8 Å². The van der Waals surface area contributed by atoms with Crippen LogP contribution in [0.2, 0.25) is 0 Å². The molecule has 0 unspecified atom stereocenters. The Labute approximate surface area is 119 Å². The first-order valence-electron chi connectivity index (χ1n) is 6.85. The van der Waals surface area contributed by atoms with E-state index in [2.05, 4.69) is 13.8 Å². The van der Waals surface area contributed by atoms with Crippen LogP contribution in [0.3, 0.4) is 0 Å². The number of benzene rings is 2. The Morgan fingerprint density at radius 1 is 0.750 bits per heavy atom. The first-order valence-corrected chi connectivity index (χ1v) is 6.85. The highest BCUT2D eigenvalue weighted by Gasteiger charge is 2.31. The van der Waals surface area contributed by atoms with Gasteiger partial charge in [0.05, 0.1) is 0 Å². The summed E-state index contributed by atoms with van der Waals surface area (Å²) in [7, 11) is 0. The molecule has 3 heteroatoms. The summed E-state index contributed by atoms with van der Waals surface area (Å²) in [4.78, 5) is 0. The highest BCUT2D eigenvalue weighted by molar-refractivity contribution is 5.48. The first kappa shape index (κ1) is 14.3. The van der Waals surface area contributed by atoms with Crippen molar-refractivity contribution in [3.05, 3.63) is 53.6 Å². The van der Waals surface area contributed by atoms with E-state index in [1.807, 2.05) is 18.2 Å². The van der Waals surface area contributed by atoms with Crippen LogP contribution in [0, 0.1) is 0 Å². The molecular formula is C17H20O3. The second kappa shape index (κ2) is 5.45. The van der Waals surface area contributed by atoms with Gasteiger partial charge in [-0.25, -0.2) is 0 Å². The maximum absolute atomic E-state index is 9.76. The van der Waals surface area contributed by atoms with E-state index in [-0.39, 0.29) is 22.7 Å². The lowest BCUT2D eigenvalue weighted by Gasteiger charge is -2.33. The monoisotopic (exact) mass is 272 g/mol. The second-order valence-corrected chi connectivity index (χ2v) is 5.04. The summed E-state index contributed by atoms with van der Waals surface area (Å²) in [6, 6.07) is 12.2. The number of hydrogen-bond donors (Lipinski definition) is 3. The normalized spacial score (nSPS) is 11.5. The summed E-state index contributed by atoms with van der Waals surface area (Å²) in [6.45, 7) is 4.19. The van der Waals surface area contributed by atoms with Gasteiger partial charge in [-0.1, -0.05) is 32.0 Å².